The largest absolute Gasteiger partial charge is 0.311 e. The van der Waals surface area contributed by atoms with Crippen molar-refractivity contribution in [3.63, 3.8) is 0 Å². The number of sulfonamides is 1. The predicted octanol–water partition coefficient (Wildman–Crippen LogP) is 3.52. The lowest BCUT2D eigenvalue weighted by Crippen LogP contribution is -2.18. The molecule has 9 heteroatoms. The summed E-state index contributed by atoms with van der Waals surface area (Å²) in [6.45, 7) is 4.01. The van der Waals surface area contributed by atoms with E-state index in [1.54, 1.807) is 17.0 Å². The van der Waals surface area contributed by atoms with E-state index in [0.29, 0.717) is 23.2 Å². The first-order valence-corrected chi connectivity index (χ1v) is 10.3. The summed E-state index contributed by atoms with van der Waals surface area (Å²) >= 11 is 4.74. The van der Waals surface area contributed by atoms with Gasteiger partial charge in [-0.25, -0.2) is 8.42 Å². The van der Waals surface area contributed by atoms with E-state index < -0.39 is 10.0 Å². The summed E-state index contributed by atoms with van der Waals surface area (Å²) in [6, 6.07) is 5.47. The average Bonchev–Trinajstić information content (AvgIpc) is 2.85. The van der Waals surface area contributed by atoms with E-state index in [1.165, 1.54) is 11.8 Å². The van der Waals surface area contributed by atoms with E-state index in [2.05, 4.69) is 30.8 Å². The Bertz CT molecular complexity index is 775. The van der Waals surface area contributed by atoms with Crippen LogP contribution in [0.5, 0.6) is 0 Å². The smallest absolute Gasteiger partial charge is 0.232 e. The predicted molar refractivity (Wildman–Crippen MR) is 96.1 cm³/mol. The second-order valence-electron chi connectivity index (χ2n) is 5.57. The summed E-state index contributed by atoms with van der Waals surface area (Å²) in [5.41, 5.74) is 0.538. The van der Waals surface area contributed by atoms with Gasteiger partial charge in [0.15, 0.2) is 5.16 Å². The molecule has 126 valence electrons. The van der Waals surface area contributed by atoms with Crippen molar-refractivity contribution in [1.82, 2.24) is 14.8 Å². The lowest BCUT2D eigenvalue weighted by molar-refractivity contribution is 0.578. The van der Waals surface area contributed by atoms with Crippen LogP contribution in [0.2, 0.25) is 0 Å². The van der Waals surface area contributed by atoms with Crippen LogP contribution in [0.15, 0.2) is 39.1 Å². The van der Waals surface area contributed by atoms with Crippen LogP contribution in [0.4, 0.5) is 5.69 Å². The third-order valence-corrected chi connectivity index (χ3v) is 5.97. The van der Waals surface area contributed by atoms with Crippen LogP contribution < -0.4 is 4.72 Å². The van der Waals surface area contributed by atoms with Crippen molar-refractivity contribution in [2.45, 2.75) is 30.3 Å². The fourth-order valence-corrected chi connectivity index (χ4v) is 4.39. The van der Waals surface area contributed by atoms with Gasteiger partial charge >= 0.3 is 0 Å². The van der Waals surface area contributed by atoms with Gasteiger partial charge in [0.1, 0.15) is 6.33 Å². The van der Waals surface area contributed by atoms with Gasteiger partial charge < -0.3 is 4.57 Å². The van der Waals surface area contributed by atoms with Crippen molar-refractivity contribution in [2.75, 3.05) is 10.5 Å². The molecule has 1 aromatic heterocycles. The molecule has 0 unspecified atom stereocenters. The fraction of sp³-hybridized carbons (Fsp3) is 0.429. The van der Waals surface area contributed by atoms with Crippen molar-refractivity contribution in [1.29, 1.82) is 0 Å². The summed E-state index contributed by atoms with van der Waals surface area (Å²) in [7, 11) is -1.54. The van der Waals surface area contributed by atoms with Gasteiger partial charge in [0.25, 0.3) is 0 Å². The Kier molecular flexibility index (Phi) is 6.10. The third kappa shape index (κ3) is 5.50. The molecular formula is C14H19BrN4O2S2. The van der Waals surface area contributed by atoms with Crippen molar-refractivity contribution in [3.05, 3.63) is 29.0 Å². The van der Waals surface area contributed by atoms with Crippen LogP contribution >= 0.6 is 27.7 Å². The van der Waals surface area contributed by atoms with E-state index in [0.717, 1.165) is 9.37 Å². The molecule has 2 aromatic rings. The van der Waals surface area contributed by atoms with E-state index in [9.17, 15) is 8.42 Å². The molecule has 1 N–H and O–H groups in total. The topological polar surface area (TPSA) is 76.9 Å². The molecule has 0 amide bonds. The number of nitrogens with zero attached hydrogens (tertiary/aromatic N) is 3. The third-order valence-electron chi connectivity index (χ3n) is 3.04. The van der Waals surface area contributed by atoms with Crippen LogP contribution in [0.25, 0.3) is 0 Å². The molecule has 1 heterocycles. The monoisotopic (exact) mass is 418 g/mol. The quantitative estimate of drug-likeness (QED) is 0.743. The zero-order chi connectivity index (χ0) is 17.0. The molecule has 0 saturated heterocycles. The number of hydrogen-bond acceptors (Lipinski definition) is 5. The maximum Gasteiger partial charge on any atom is 0.232 e. The minimum atomic E-state index is -3.38. The Labute approximate surface area is 149 Å². The molecule has 0 aliphatic rings. The number of halogens is 1. The standard InChI is InChI=1S/C14H19BrN4O2S2/c1-10(2)6-7-23(20,21)18-12-8-11(15)4-5-13(12)22-14-17-16-9-19(14)3/h4-5,8-10,18H,6-7H2,1-3H3. The van der Waals surface area contributed by atoms with Gasteiger partial charge in [0.2, 0.25) is 10.0 Å². The van der Waals surface area contributed by atoms with E-state index in [4.69, 9.17) is 0 Å². The van der Waals surface area contributed by atoms with Crippen molar-refractivity contribution in [2.24, 2.45) is 13.0 Å². The summed E-state index contributed by atoms with van der Waals surface area (Å²) in [5.74, 6) is 0.437. The van der Waals surface area contributed by atoms with E-state index >= 15 is 0 Å². The zero-order valence-corrected chi connectivity index (χ0v) is 16.4. The fourth-order valence-electron chi connectivity index (χ4n) is 1.74. The summed E-state index contributed by atoms with van der Waals surface area (Å²) in [6.07, 6.45) is 2.22. The molecule has 0 atom stereocenters. The molecule has 6 nitrogen and oxygen atoms in total. The zero-order valence-electron chi connectivity index (χ0n) is 13.2. The molecular weight excluding hydrogens is 400 g/mol. The van der Waals surface area contributed by atoms with Crippen molar-refractivity contribution < 1.29 is 8.42 Å². The van der Waals surface area contributed by atoms with Crippen molar-refractivity contribution in [3.8, 4) is 0 Å². The summed E-state index contributed by atoms with van der Waals surface area (Å²) in [4.78, 5) is 0.775. The number of rotatable bonds is 7. The second kappa shape index (κ2) is 7.67. The number of anilines is 1. The van der Waals surface area contributed by atoms with Gasteiger partial charge in [-0.05, 0) is 42.3 Å². The highest BCUT2D eigenvalue weighted by Crippen LogP contribution is 2.34. The lowest BCUT2D eigenvalue weighted by atomic mass is 10.2. The number of aromatic nitrogens is 3. The number of nitrogens with one attached hydrogen (secondary N) is 1. The maximum atomic E-state index is 12.3. The molecule has 1 aromatic carbocycles. The Morgan fingerprint density at radius 2 is 2.13 bits per heavy atom. The number of benzene rings is 1. The molecule has 0 saturated carbocycles. The Morgan fingerprint density at radius 3 is 2.74 bits per heavy atom. The Morgan fingerprint density at radius 1 is 1.39 bits per heavy atom. The number of hydrogen-bond donors (Lipinski definition) is 1. The van der Waals surface area contributed by atoms with Crippen LogP contribution in [0.1, 0.15) is 20.3 Å². The van der Waals surface area contributed by atoms with Crippen LogP contribution in [-0.4, -0.2) is 28.9 Å². The maximum absolute atomic E-state index is 12.3. The normalized spacial score (nSPS) is 11.9. The van der Waals surface area contributed by atoms with Gasteiger partial charge in [-0.1, -0.05) is 29.8 Å². The highest BCUT2D eigenvalue weighted by atomic mass is 79.9. The minimum absolute atomic E-state index is 0.102. The highest BCUT2D eigenvalue weighted by Gasteiger charge is 2.16. The molecule has 0 fully saturated rings. The van der Waals surface area contributed by atoms with E-state index in [-0.39, 0.29) is 5.75 Å². The van der Waals surface area contributed by atoms with Crippen molar-refractivity contribution >= 4 is 43.4 Å². The first-order valence-electron chi connectivity index (χ1n) is 7.09. The molecule has 23 heavy (non-hydrogen) atoms. The van der Waals surface area contributed by atoms with E-state index in [1.807, 2.05) is 33.0 Å². The summed E-state index contributed by atoms with van der Waals surface area (Å²) in [5, 5.41) is 8.54. The molecule has 0 radical (unpaired) electrons. The van der Waals surface area contributed by atoms with Crippen LogP contribution in [-0.2, 0) is 17.1 Å². The van der Waals surface area contributed by atoms with Crippen LogP contribution in [0, 0.1) is 5.92 Å². The molecule has 2 rings (SSSR count). The molecule has 0 bridgehead atoms. The summed E-state index contributed by atoms with van der Waals surface area (Å²) < 4.78 is 29.8. The molecule has 0 aliphatic heterocycles. The van der Waals surface area contributed by atoms with Gasteiger partial charge in [-0.2, -0.15) is 0 Å². The Hall–Kier alpha value is -1.06. The lowest BCUT2D eigenvalue weighted by Gasteiger charge is -2.13. The molecule has 0 spiro atoms. The van der Waals surface area contributed by atoms with Gasteiger partial charge in [-0.3, -0.25) is 4.72 Å². The SMILES string of the molecule is CC(C)CCS(=O)(=O)Nc1cc(Br)ccc1Sc1nncn1C. The Balaban J connectivity index is 2.23. The van der Waals surface area contributed by atoms with Crippen LogP contribution in [0.3, 0.4) is 0 Å². The average molecular weight is 419 g/mol. The first kappa shape index (κ1) is 18.3. The van der Waals surface area contributed by atoms with Gasteiger partial charge in [-0.15, -0.1) is 10.2 Å². The second-order valence-corrected chi connectivity index (χ2v) is 9.34. The number of aryl methyl sites for hydroxylation is 1. The minimum Gasteiger partial charge on any atom is -0.311 e. The first-order chi connectivity index (χ1) is 10.8. The molecule has 0 aliphatic carbocycles. The van der Waals surface area contributed by atoms with Gasteiger partial charge in [0, 0.05) is 16.4 Å². The highest BCUT2D eigenvalue weighted by molar-refractivity contribution is 9.10. The van der Waals surface area contributed by atoms with Gasteiger partial charge in [0.05, 0.1) is 11.4 Å².